The Kier molecular flexibility index (Phi) is 5.80. The van der Waals surface area contributed by atoms with Crippen LogP contribution in [-0.2, 0) is 6.42 Å². The van der Waals surface area contributed by atoms with Crippen molar-refractivity contribution in [2.75, 3.05) is 6.54 Å². The van der Waals surface area contributed by atoms with E-state index in [2.05, 4.69) is 50.1 Å². The Hall–Kier alpha value is -0.890. The highest BCUT2D eigenvalue weighted by atomic mass is 14.9. The van der Waals surface area contributed by atoms with Crippen LogP contribution in [0.4, 0.5) is 0 Å². The number of rotatable bonds is 6. The van der Waals surface area contributed by atoms with Gasteiger partial charge in [-0.05, 0) is 67.2 Å². The number of aromatic nitrogens is 1. The molecule has 0 aromatic carbocycles. The summed E-state index contributed by atoms with van der Waals surface area (Å²) < 4.78 is 0. The molecular formula is C19H32N2. The van der Waals surface area contributed by atoms with Crippen LogP contribution in [0.2, 0.25) is 0 Å². The summed E-state index contributed by atoms with van der Waals surface area (Å²) in [6.07, 6.45) is 10.3. The van der Waals surface area contributed by atoms with Gasteiger partial charge in [-0.2, -0.15) is 0 Å². The van der Waals surface area contributed by atoms with E-state index in [0.29, 0.717) is 11.5 Å². The standard InChI is InChI=1S/C19H32N2/c1-5-10-21-18-13-15(2)6-7-17(18)19(3,4)14-16-8-11-20-12-9-16/h8-9,11-12,15,17-18,21H,5-7,10,13-14H2,1-4H3. The SMILES string of the molecule is CCCNC1CC(C)CCC1C(C)(C)Cc1ccncc1. The first kappa shape index (κ1) is 16.5. The summed E-state index contributed by atoms with van der Waals surface area (Å²) in [6.45, 7) is 10.7. The third-order valence-electron chi connectivity index (χ3n) is 5.18. The molecule has 3 atom stereocenters. The highest BCUT2D eigenvalue weighted by Crippen LogP contribution is 2.42. The summed E-state index contributed by atoms with van der Waals surface area (Å²) >= 11 is 0. The highest BCUT2D eigenvalue weighted by molar-refractivity contribution is 5.13. The normalized spacial score (nSPS) is 26.8. The lowest BCUT2D eigenvalue weighted by molar-refractivity contribution is 0.0941. The third kappa shape index (κ3) is 4.54. The first-order valence-electron chi connectivity index (χ1n) is 8.65. The summed E-state index contributed by atoms with van der Waals surface area (Å²) in [5.41, 5.74) is 1.76. The van der Waals surface area contributed by atoms with Gasteiger partial charge in [0.1, 0.15) is 0 Å². The maximum absolute atomic E-state index is 4.14. The Morgan fingerprint density at radius 3 is 2.62 bits per heavy atom. The van der Waals surface area contributed by atoms with Crippen molar-refractivity contribution in [3.8, 4) is 0 Å². The van der Waals surface area contributed by atoms with E-state index < -0.39 is 0 Å². The van der Waals surface area contributed by atoms with Crippen molar-refractivity contribution >= 4 is 0 Å². The molecule has 0 saturated heterocycles. The van der Waals surface area contributed by atoms with Crippen LogP contribution >= 0.6 is 0 Å². The molecule has 0 aliphatic heterocycles. The van der Waals surface area contributed by atoms with Gasteiger partial charge < -0.3 is 5.32 Å². The molecule has 1 heterocycles. The zero-order valence-corrected chi connectivity index (χ0v) is 14.2. The largest absolute Gasteiger partial charge is 0.314 e. The maximum Gasteiger partial charge on any atom is 0.0270 e. The second-order valence-corrected chi connectivity index (χ2v) is 7.61. The van der Waals surface area contributed by atoms with Gasteiger partial charge in [-0.3, -0.25) is 4.98 Å². The summed E-state index contributed by atoms with van der Waals surface area (Å²) in [4.78, 5) is 4.14. The van der Waals surface area contributed by atoms with E-state index >= 15 is 0 Å². The molecule has 21 heavy (non-hydrogen) atoms. The van der Waals surface area contributed by atoms with Crippen molar-refractivity contribution in [2.24, 2.45) is 17.3 Å². The smallest absolute Gasteiger partial charge is 0.0270 e. The summed E-state index contributed by atoms with van der Waals surface area (Å²) in [7, 11) is 0. The van der Waals surface area contributed by atoms with Crippen molar-refractivity contribution in [3.63, 3.8) is 0 Å². The minimum atomic E-state index is 0.340. The summed E-state index contributed by atoms with van der Waals surface area (Å²) in [6, 6.07) is 5.02. The molecule has 0 radical (unpaired) electrons. The lowest BCUT2D eigenvalue weighted by Gasteiger charge is -2.45. The van der Waals surface area contributed by atoms with Gasteiger partial charge in [0.25, 0.3) is 0 Å². The van der Waals surface area contributed by atoms with Crippen molar-refractivity contribution in [3.05, 3.63) is 30.1 Å². The van der Waals surface area contributed by atoms with Crippen LogP contribution in [0.3, 0.4) is 0 Å². The number of hydrogen-bond acceptors (Lipinski definition) is 2. The molecule has 3 unspecified atom stereocenters. The Morgan fingerprint density at radius 2 is 1.95 bits per heavy atom. The maximum atomic E-state index is 4.14. The van der Waals surface area contributed by atoms with Gasteiger partial charge in [0.15, 0.2) is 0 Å². The second-order valence-electron chi connectivity index (χ2n) is 7.61. The molecule has 1 aliphatic carbocycles. The molecule has 1 N–H and O–H groups in total. The van der Waals surface area contributed by atoms with Crippen LogP contribution < -0.4 is 5.32 Å². The van der Waals surface area contributed by atoms with E-state index in [1.165, 1.54) is 31.2 Å². The molecule has 1 aromatic heterocycles. The lowest BCUT2D eigenvalue weighted by Crippen LogP contribution is -2.47. The molecule has 118 valence electrons. The van der Waals surface area contributed by atoms with Gasteiger partial charge in [0.05, 0.1) is 0 Å². The van der Waals surface area contributed by atoms with Crippen LogP contribution in [0, 0.1) is 17.3 Å². The van der Waals surface area contributed by atoms with Crippen LogP contribution in [0.15, 0.2) is 24.5 Å². The zero-order valence-electron chi connectivity index (χ0n) is 14.2. The molecule has 1 aliphatic rings. The van der Waals surface area contributed by atoms with Crippen molar-refractivity contribution in [1.82, 2.24) is 10.3 Å². The minimum Gasteiger partial charge on any atom is -0.314 e. The van der Waals surface area contributed by atoms with Crippen LogP contribution in [-0.4, -0.2) is 17.6 Å². The quantitative estimate of drug-likeness (QED) is 0.836. The summed E-state index contributed by atoms with van der Waals surface area (Å²) in [5, 5.41) is 3.83. The molecule has 0 amide bonds. The Balaban J connectivity index is 2.07. The zero-order chi connectivity index (χ0) is 15.3. The lowest BCUT2D eigenvalue weighted by atomic mass is 9.64. The topological polar surface area (TPSA) is 24.9 Å². The number of pyridine rings is 1. The fourth-order valence-corrected chi connectivity index (χ4v) is 4.03. The number of nitrogens with zero attached hydrogens (tertiary/aromatic N) is 1. The molecule has 0 bridgehead atoms. The number of nitrogens with one attached hydrogen (secondary N) is 1. The van der Waals surface area contributed by atoms with Gasteiger partial charge in [-0.25, -0.2) is 0 Å². The fraction of sp³-hybridized carbons (Fsp3) is 0.737. The first-order valence-corrected chi connectivity index (χ1v) is 8.65. The van der Waals surface area contributed by atoms with E-state index in [1.54, 1.807) is 0 Å². The van der Waals surface area contributed by atoms with Gasteiger partial charge in [0.2, 0.25) is 0 Å². The van der Waals surface area contributed by atoms with Gasteiger partial charge in [0, 0.05) is 18.4 Å². The molecule has 0 spiro atoms. The van der Waals surface area contributed by atoms with Gasteiger partial charge >= 0.3 is 0 Å². The molecule has 2 heteroatoms. The van der Waals surface area contributed by atoms with Crippen LogP contribution in [0.25, 0.3) is 0 Å². The fourth-order valence-electron chi connectivity index (χ4n) is 4.03. The second kappa shape index (κ2) is 7.40. The van der Waals surface area contributed by atoms with Crippen LogP contribution in [0.1, 0.15) is 58.9 Å². The molecular weight excluding hydrogens is 256 g/mol. The van der Waals surface area contributed by atoms with Crippen molar-refractivity contribution in [2.45, 2.75) is 65.8 Å². The molecule has 2 nitrogen and oxygen atoms in total. The number of hydrogen-bond donors (Lipinski definition) is 1. The third-order valence-corrected chi connectivity index (χ3v) is 5.18. The predicted molar refractivity (Wildman–Crippen MR) is 90.3 cm³/mol. The first-order chi connectivity index (χ1) is 10.0. The average Bonchev–Trinajstić information content (AvgIpc) is 2.45. The molecule has 2 rings (SSSR count). The van der Waals surface area contributed by atoms with Crippen molar-refractivity contribution < 1.29 is 0 Å². The van der Waals surface area contributed by atoms with E-state index in [0.717, 1.165) is 24.8 Å². The van der Waals surface area contributed by atoms with E-state index in [1.807, 2.05) is 12.4 Å². The average molecular weight is 288 g/mol. The minimum absolute atomic E-state index is 0.340. The van der Waals surface area contributed by atoms with E-state index in [9.17, 15) is 0 Å². The van der Waals surface area contributed by atoms with Crippen molar-refractivity contribution in [1.29, 1.82) is 0 Å². The highest BCUT2D eigenvalue weighted by Gasteiger charge is 2.38. The van der Waals surface area contributed by atoms with Gasteiger partial charge in [-0.15, -0.1) is 0 Å². The predicted octanol–water partition coefficient (Wildman–Crippen LogP) is 4.45. The monoisotopic (exact) mass is 288 g/mol. The summed E-state index contributed by atoms with van der Waals surface area (Å²) in [5.74, 6) is 1.64. The Morgan fingerprint density at radius 1 is 1.24 bits per heavy atom. The molecule has 1 fully saturated rings. The molecule has 1 aromatic rings. The Bertz CT molecular complexity index is 413. The van der Waals surface area contributed by atoms with Gasteiger partial charge in [-0.1, -0.05) is 34.1 Å². The molecule has 1 saturated carbocycles. The van der Waals surface area contributed by atoms with E-state index in [-0.39, 0.29) is 0 Å². The Labute approximate surface area is 130 Å². The van der Waals surface area contributed by atoms with E-state index in [4.69, 9.17) is 0 Å². The van der Waals surface area contributed by atoms with Crippen LogP contribution in [0.5, 0.6) is 0 Å².